The molecule has 1 N–H and O–H groups in total. The van der Waals surface area contributed by atoms with Gasteiger partial charge in [-0.2, -0.15) is 0 Å². The molecular weight excluding hydrogens is 362 g/mol. The maximum Gasteiger partial charge on any atom is 0.253 e. The zero-order valence-electron chi connectivity index (χ0n) is 16.0. The van der Waals surface area contributed by atoms with Crippen LogP contribution in [0.1, 0.15) is 41.8 Å². The molecule has 1 aliphatic heterocycles. The van der Waals surface area contributed by atoms with Crippen molar-refractivity contribution in [2.75, 3.05) is 26.2 Å². The summed E-state index contributed by atoms with van der Waals surface area (Å²) in [5, 5.41) is 10.2. The normalized spacial score (nSPS) is 18.9. The third kappa shape index (κ3) is 5.14. The predicted molar refractivity (Wildman–Crippen MR) is 104 cm³/mol. The van der Waals surface area contributed by atoms with E-state index in [0.29, 0.717) is 25.1 Å². The molecule has 1 fully saturated rings. The zero-order chi connectivity index (χ0) is 20.1. The highest BCUT2D eigenvalue weighted by Crippen LogP contribution is 2.20. The van der Waals surface area contributed by atoms with Crippen LogP contribution >= 0.6 is 0 Å². The van der Waals surface area contributed by atoms with Gasteiger partial charge in [-0.3, -0.25) is 9.69 Å². The average molecular weight is 388 g/mol. The van der Waals surface area contributed by atoms with Crippen LogP contribution in [0, 0.1) is 11.6 Å². The van der Waals surface area contributed by atoms with Gasteiger partial charge in [0, 0.05) is 31.2 Å². The van der Waals surface area contributed by atoms with E-state index in [1.807, 2.05) is 4.90 Å². The van der Waals surface area contributed by atoms with Crippen molar-refractivity contribution in [1.29, 1.82) is 0 Å². The lowest BCUT2D eigenvalue weighted by Crippen LogP contribution is -2.53. The number of piperazine rings is 1. The van der Waals surface area contributed by atoms with Crippen molar-refractivity contribution >= 4 is 5.91 Å². The standard InChI is InChI=1S/C22H26F2N2O2/c1-16-15-26(22(28)18-6-10-20(24)11-7-18)14-13-25(16)12-2-3-21(27)17-4-8-19(23)9-5-17/h4-11,16,21,27H,2-3,12-15H2,1H3. The molecule has 0 bridgehead atoms. The van der Waals surface area contributed by atoms with Crippen LogP contribution in [0.2, 0.25) is 0 Å². The number of aliphatic hydroxyl groups excluding tert-OH is 1. The third-order valence-electron chi connectivity index (χ3n) is 5.32. The van der Waals surface area contributed by atoms with Gasteiger partial charge in [0.1, 0.15) is 11.6 Å². The summed E-state index contributed by atoms with van der Waals surface area (Å²) in [5.74, 6) is -0.728. The summed E-state index contributed by atoms with van der Waals surface area (Å²) in [6.45, 7) is 4.93. The molecule has 1 saturated heterocycles. The summed E-state index contributed by atoms with van der Waals surface area (Å²) in [4.78, 5) is 16.7. The molecule has 6 heteroatoms. The molecule has 0 radical (unpaired) electrons. The molecule has 28 heavy (non-hydrogen) atoms. The van der Waals surface area contributed by atoms with Gasteiger partial charge in [-0.25, -0.2) is 8.78 Å². The Morgan fingerprint density at radius 1 is 1.07 bits per heavy atom. The lowest BCUT2D eigenvalue weighted by atomic mass is 10.0. The molecule has 150 valence electrons. The summed E-state index contributed by atoms with van der Waals surface area (Å²) in [6.07, 6.45) is 0.819. The number of halogens is 2. The number of hydrogen-bond donors (Lipinski definition) is 1. The van der Waals surface area contributed by atoms with Crippen LogP contribution in [0.4, 0.5) is 8.78 Å². The second kappa shape index (κ2) is 9.26. The van der Waals surface area contributed by atoms with E-state index in [1.165, 1.54) is 36.4 Å². The molecule has 3 rings (SSSR count). The van der Waals surface area contributed by atoms with Crippen LogP contribution in [0.5, 0.6) is 0 Å². The van der Waals surface area contributed by atoms with Gasteiger partial charge in [-0.15, -0.1) is 0 Å². The lowest BCUT2D eigenvalue weighted by Gasteiger charge is -2.40. The summed E-state index contributed by atoms with van der Waals surface area (Å²) >= 11 is 0. The molecule has 0 saturated carbocycles. The largest absolute Gasteiger partial charge is 0.388 e. The monoisotopic (exact) mass is 388 g/mol. The molecular formula is C22H26F2N2O2. The van der Waals surface area contributed by atoms with Crippen molar-refractivity contribution in [3.63, 3.8) is 0 Å². The molecule has 1 aliphatic rings. The van der Waals surface area contributed by atoms with E-state index in [-0.39, 0.29) is 23.6 Å². The van der Waals surface area contributed by atoms with Crippen molar-refractivity contribution in [3.05, 3.63) is 71.3 Å². The fraction of sp³-hybridized carbons (Fsp3) is 0.409. The molecule has 4 nitrogen and oxygen atoms in total. The van der Waals surface area contributed by atoms with Crippen molar-refractivity contribution in [2.24, 2.45) is 0 Å². The Morgan fingerprint density at radius 2 is 1.68 bits per heavy atom. The van der Waals surface area contributed by atoms with Gasteiger partial charge in [0.05, 0.1) is 6.10 Å². The van der Waals surface area contributed by atoms with Crippen LogP contribution < -0.4 is 0 Å². The molecule has 1 heterocycles. The first-order chi connectivity index (χ1) is 13.4. The molecule has 0 aliphatic carbocycles. The molecule has 2 unspecified atom stereocenters. The van der Waals surface area contributed by atoms with Crippen molar-refractivity contribution in [3.8, 4) is 0 Å². The second-order valence-electron chi connectivity index (χ2n) is 7.35. The topological polar surface area (TPSA) is 43.8 Å². The van der Waals surface area contributed by atoms with Crippen LogP contribution in [0.25, 0.3) is 0 Å². The van der Waals surface area contributed by atoms with E-state index in [2.05, 4.69) is 11.8 Å². The Labute approximate surface area is 164 Å². The number of aliphatic hydroxyl groups is 1. The van der Waals surface area contributed by atoms with E-state index >= 15 is 0 Å². The van der Waals surface area contributed by atoms with Crippen LogP contribution in [0.3, 0.4) is 0 Å². The summed E-state index contributed by atoms with van der Waals surface area (Å²) in [7, 11) is 0. The van der Waals surface area contributed by atoms with E-state index in [0.717, 1.165) is 25.1 Å². The zero-order valence-corrected chi connectivity index (χ0v) is 16.0. The number of carbonyl (C=O) groups is 1. The first-order valence-corrected chi connectivity index (χ1v) is 9.66. The summed E-state index contributed by atoms with van der Waals surface area (Å²) < 4.78 is 26.0. The highest BCUT2D eigenvalue weighted by molar-refractivity contribution is 5.94. The molecule has 2 atom stereocenters. The Morgan fingerprint density at radius 3 is 2.29 bits per heavy atom. The number of amides is 1. The van der Waals surface area contributed by atoms with Crippen molar-refractivity contribution < 1.29 is 18.7 Å². The van der Waals surface area contributed by atoms with E-state index in [4.69, 9.17) is 0 Å². The summed E-state index contributed by atoms with van der Waals surface area (Å²) in [5.41, 5.74) is 1.23. The van der Waals surface area contributed by atoms with Crippen LogP contribution in [-0.2, 0) is 0 Å². The van der Waals surface area contributed by atoms with Crippen LogP contribution in [0.15, 0.2) is 48.5 Å². The molecule has 2 aromatic carbocycles. The molecule has 0 aromatic heterocycles. The SMILES string of the molecule is CC1CN(C(=O)c2ccc(F)cc2)CCN1CCCC(O)c1ccc(F)cc1. The maximum atomic E-state index is 13.0. The molecule has 1 amide bonds. The highest BCUT2D eigenvalue weighted by atomic mass is 19.1. The van der Waals surface area contributed by atoms with E-state index in [1.54, 1.807) is 12.1 Å². The third-order valence-corrected chi connectivity index (χ3v) is 5.32. The fourth-order valence-electron chi connectivity index (χ4n) is 3.63. The van der Waals surface area contributed by atoms with Gasteiger partial charge in [-0.05, 0) is 68.3 Å². The van der Waals surface area contributed by atoms with Gasteiger partial charge < -0.3 is 10.0 Å². The minimum Gasteiger partial charge on any atom is -0.388 e. The molecule has 0 spiro atoms. The quantitative estimate of drug-likeness (QED) is 0.822. The molecule has 2 aromatic rings. The number of rotatable bonds is 6. The van der Waals surface area contributed by atoms with E-state index < -0.39 is 6.10 Å². The fourth-order valence-corrected chi connectivity index (χ4v) is 3.63. The number of nitrogens with zero attached hydrogens (tertiary/aromatic N) is 2. The number of carbonyl (C=O) groups excluding carboxylic acids is 1. The highest BCUT2D eigenvalue weighted by Gasteiger charge is 2.27. The Balaban J connectivity index is 1.45. The lowest BCUT2D eigenvalue weighted by molar-refractivity contribution is 0.0498. The van der Waals surface area contributed by atoms with Crippen molar-refractivity contribution in [1.82, 2.24) is 9.80 Å². The van der Waals surface area contributed by atoms with Gasteiger partial charge >= 0.3 is 0 Å². The first-order valence-electron chi connectivity index (χ1n) is 9.66. The Bertz CT molecular complexity index is 780. The predicted octanol–water partition coefficient (Wildman–Crippen LogP) is 3.62. The second-order valence-corrected chi connectivity index (χ2v) is 7.35. The average Bonchev–Trinajstić information content (AvgIpc) is 2.69. The van der Waals surface area contributed by atoms with Gasteiger partial charge in [0.25, 0.3) is 5.91 Å². The van der Waals surface area contributed by atoms with Crippen molar-refractivity contribution in [2.45, 2.75) is 31.9 Å². The summed E-state index contributed by atoms with van der Waals surface area (Å²) in [6, 6.07) is 11.8. The number of hydrogen-bond acceptors (Lipinski definition) is 3. The maximum absolute atomic E-state index is 13.0. The van der Waals surface area contributed by atoms with E-state index in [9.17, 15) is 18.7 Å². The van der Waals surface area contributed by atoms with Gasteiger partial charge in [0.15, 0.2) is 0 Å². The first kappa shape index (κ1) is 20.4. The minimum absolute atomic E-state index is 0.0711. The minimum atomic E-state index is -0.600. The van der Waals surface area contributed by atoms with Gasteiger partial charge in [-0.1, -0.05) is 12.1 Å². The Hall–Kier alpha value is -2.31. The smallest absolute Gasteiger partial charge is 0.253 e. The van der Waals surface area contributed by atoms with Gasteiger partial charge in [0.2, 0.25) is 0 Å². The van der Waals surface area contributed by atoms with Crippen LogP contribution in [-0.4, -0.2) is 53.0 Å². The Kier molecular flexibility index (Phi) is 6.75. The number of benzene rings is 2.